The first-order valence-corrected chi connectivity index (χ1v) is 8.00. The van der Waals surface area contributed by atoms with Crippen molar-refractivity contribution < 1.29 is 9.52 Å². The first-order chi connectivity index (χ1) is 9.86. The molecule has 0 bridgehead atoms. The van der Waals surface area contributed by atoms with E-state index in [1.54, 1.807) is 17.6 Å². The third kappa shape index (κ3) is 3.11. The summed E-state index contributed by atoms with van der Waals surface area (Å²) in [6.45, 7) is 0.748. The van der Waals surface area contributed by atoms with E-state index in [0.717, 1.165) is 12.3 Å². The fourth-order valence-corrected chi connectivity index (χ4v) is 3.77. The summed E-state index contributed by atoms with van der Waals surface area (Å²) in [5.74, 6) is 1.44. The molecule has 2 aromatic rings. The van der Waals surface area contributed by atoms with Crippen molar-refractivity contribution in [1.82, 2.24) is 10.3 Å². The average Bonchev–Trinajstić information content (AvgIpc) is 3.22. The molecule has 0 aliphatic heterocycles. The van der Waals surface area contributed by atoms with Gasteiger partial charge < -0.3 is 14.8 Å². The van der Waals surface area contributed by atoms with Crippen LogP contribution in [0.4, 0.5) is 0 Å². The monoisotopic (exact) mass is 292 g/mol. The maximum Gasteiger partial charge on any atom is 0.123 e. The smallest absolute Gasteiger partial charge is 0.123 e. The molecule has 1 aliphatic rings. The molecule has 20 heavy (non-hydrogen) atoms. The third-order valence-corrected chi connectivity index (χ3v) is 5.03. The highest BCUT2D eigenvalue weighted by Gasteiger charge is 2.20. The Bertz CT molecular complexity index is 518. The van der Waals surface area contributed by atoms with Gasteiger partial charge in [-0.25, -0.2) is 4.98 Å². The van der Waals surface area contributed by atoms with Crippen LogP contribution in [0.25, 0.3) is 0 Å². The Kier molecular flexibility index (Phi) is 4.50. The van der Waals surface area contributed by atoms with Crippen molar-refractivity contribution >= 4 is 11.3 Å². The summed E-state index contributed by atoms with van der Waals surface area (Å²) >= 11 is 1.79. The van der Waals surface area contributed by atoms with Gasteiger partial charge in [-0.15, -0.1) is 11.3 Å². The topological polar surface area (TPSA) is 58.3 Å². The number of thiazole rings is 1. The van der Waals surface area contributed by atoms with E-state index < -0.39 is 0 Å². The van der Waals surface area contributed by atoms with Crippen LogP contribution in [-0.4, -0.2) is 16.7 Å². The third-order valence-electron chi connectivity index (χ3n) is 3.87. The van der Waals surface area contributed by atoms with Gasteiger partial charge in [0.2, 0.25) is 0 Å². The van der Waals surface area contributed by atoms with Crippen molar-refractivity contribution in [2.24, 2.45) is 0 Å². The Hall–Kier alpha value is -1.17. The second kappa shape index (κ2) is 6.52. The van der Waals surface area contributed by atoms with Crippen molar-refractivity contribution in [3.63, 3.8) is 0 Å². The minimum atomic E-state index is -0.151. The zero-order valence-electron chi connectivity index (χ0n) is 11.4. The lowest BCUT2D eigenvalue weighted by Gasteiger charge is -2.12. The average molecular weight is 292 g/mol. The Morgan fingerprint density at radius 1 is 1.45 bits per heavy atom. The van der Waals surface area contributed by atoms with Crippen LogP contribution < -0.4 is 5.32 Å². The van der Waals surface area contributed by atoms with E-state index in [1.165, 1.54) is 35.6 Å². The first-order valence-electron chi connectivity index (χ1n) is 7.19. The normalized spacial score (nSPS) is 17.6. The van der Waals surface area contributed by atoms with E-state index >= 15 is 0 Å². The van der Waals surface area contributed by atoms with E-state index in [0.29, 0.717) is 5.92 Å². The molecular weight excluding hydrogens is 272 g/mol. The molecule has 0 radical (unpaired) electrons. The first kappa shape index (κ1) is 13.8. The molecule has 5 heteroatoms. The minimum absolute atomic E-state index is 0.0296. The van der Waals surface area contributed by atoms with Gasteiger partial charge in [-0.3, -0.25) is 0 Å². The van der Waals surface area contributed by atoms with Crippen LogP contribution in [0.2, 0.25) is 0 Å². The molecule has 0 aromatic carbocycles. The summed E-state index contributed by atoms with van der Waals surface area (Å²) in [6.07, 6.45) is 8.83. The number of aromatic nitrogens is 1. The zero-order valence-corrected chi connectivity index (χ0v) is 12.2. The van der Waals surface area contributed by atoms with Gasteiger partial charge in [-0.2, -0.15) is 0 Å². The number of hydrogen-bond donors (Lipinski definition) is 2. The highest BCUT2D eigenvalue weighted by atomic mass is 32.1. The largest absolute Gasteiger partial charge is 0.468 e. The Labute approximate surface area is 122 Å². The summed E-state index contributed by atoms with van der Waals surface area (Å²) in [5, 5.41) is 14.0. The molecule has 2 heterocycles. The standard InChI is InChI=1S/C15H20N2O2S/c18-10-13(14-6-3-7-19-14)16-8-12-9-17-15(20-12)11-4-1-2-5-11/h3,6-7,9,11,13,16,18H,1-2,4-5,8,10H2. The SMILES string of the molecule is OCC(NCc1cnc(C2CCCC2)s1)c1ccco1. The molecule has 0 amide bonds. The van der Waals surface area contributed by atoms with E-state index in [1.807, 2.05) is 18.3 Å². The fraction of sp³-hybridized carbons (Fsp3) is 0.533. The molecule has 1 aliphatic carbocycles. The van der Waals surface area contributed by atoms with Gasteiger partial charge in [0.1, 0.15) is 5.76 Å². The number of nitrogens with zero attached hydrogens (tertiary/aromatic N) is 1. The molecular formula is C15H20N2O2S. The predicted octanol–water partition coefficient (Wildman–Crippen LogP) is 3.22. The quantitative estimate of drug-likeness (QED) is 0.858. The van der Waals surface area contributed by atoms with Gasteiger partial charge in [0, 0.05) is 23.5 Å². The highest BCUT2D eigenvalue weighted by molar-refractivity contribution is 7.11. The van der Waals surface area contributed by atoms with Gasteiger partial charge in [-0.1, -0.05) is 12.8 Å². The molecule has 2 aromatic heterocycles. The minimum Gasteiger partial charge on any atom is -0.468 e. The van der Waals surface area contributed by atoms with Crippen LogP contribution in [0.1, 0.15) is 53.3 Å². The van der Waals surface area contributed by atoms with Gasteiger partial charge in [0.05, 0.1) is 23.9 Å². The lowest BCUT2D eigenvalue weighted by molar-refractivity contribution is 0.226. The summed E-state index contributed by atoms with van der Waals surface area (Å²) in [7, 11) is 0. The molecule has 3 rings (SSSR count). The second-order valence-electron chi connectivity index (χ2n) is 5.28. The van der Waals surface area contributed by atoms with Crippen molar-refractivity contribution in [3.8, 4) is 0 Å². The Morgan fingerprint density at radius 3 is 3.00 bits per heavy atom. The number of furan rings is 1. The molecule has 0 saturated heterocycles. The maximum absolute atomic E-state index is 9.42. The van der Waals surface area contributed by atoms with Crippen LogP contribution in [0.5, 0.6) is 0 Å². The van der Waals surface area contributed by atoms with Gasteiger partial charge in [0.25, 0.3) is 0 Å². The van der Waals surface area contributed by atoms with Crippen molar-refractivity contribution in [3.05, 3.63) is 40.2 Å². The molecule has 4 nitrogen and oxygen atoms in total. The molecule has 1 unspecified atom stereocenters. The van der Waals surface area contributed by atoms with E-state index in [9.17, 15) is 5.11 Å². The lowest BCUT2D eigenvalue weighted by Crippen LogP contribution is -2.23. The van der Waals surface area contributed by atoms with Crippen molar-refractivity contribution in [2.75, 3.05) is 6.61 Å². The lowest BCUT2D eigenvalue weighted by atomic mass is 10.1. The molecule has 0 spiro atoms. The number of nitrogens with one attached hydrogen (secondary N) is 1. The summed E-state index contributed by atoms with van der Waals surface area (Å²) in [5.41, 5.74) is 0. The molecule has 1 saturated carbocycles. The molecule has 108 valence electrons. The molecule has 1 fully saturated rings. The predicted molar refractivity (Wildman–Crippen MR) is 78.7 cm³/mol. The highest BCUT2D eigenvalue weighted by Crippen LogP contribution is 2.36. The number of hydrogen-bond acceptors (Lipinski definition) is 5. The summed E-state index contributed by atoms with van der Waals surface area (Å²) in [4.78, 5) is 5.78. The van der Waals surface area contributed by atoms with Crippen molar-refractivity contribution in [2.45, 2.75) is 44.2 Å². The number of aliphatic hydroxyl groups is 1. The van der Waals surface area contributed by atoms with Gasteiger partial charge in [0.15, 0.2) is 0 Å². The van der Waals surface area contributed by atoms with Crippen LogP contribution in [0.3, 0.4) is 0 Å². The van der Waals surface area contributed by atoms with Crippen LogP contribution >= 0.6 is 11.3 Å². The van der Waals surface area contributed by atoms with Gasteiger partial charge in [-0.05, 0) is 25.0 Å². The van der Waals surface area contributed by atoms with E-state index in [-0.39, 0.29) is 12.6 Å². The summed E-state index contributed by atoms with van der Waals surface area (Å²) in [6, 6.07) is 3.57. The summed E-state index contributed by atoms with van der Waals surface area (Å²) < 4.78 is 5.33. The van der Waals surface area contributed by atoms with Crippen LogP contribution in [-0.2, 0) is 6.54 Å². The van der Waals surface area contributed by atoms with Crippen LogP contribution in [0, 0.1) is 0 Å². The number of rotatable bonds is 6. The second-order valence-corrected chi connectivity index (χ2v) is 6.42. The fourth-order valence-electron chi connectivity index (χ4n) is 2.73. The zero-order chi connectivity index (χ0) is 13.8. The Balaban J connectivity index is 1.57. The number of aliphatic hydroxyl groups excluding tert-OH is 1. The van der Waals surface area contributed by atoms with Gasteiger partial charge >= 0.3 is 0 Å². The Morgan fingerprint density at radius 2 is 2.30 bits per heavy atom. The van der Waals surface area contributed by atoms with Crippen LogP contribution in [0.15, 0.2) is 29.0 Å². The molecule has 1 atom stereocenters. The van der Waals surface area contributed by atoms with E-state index in [4.69, 9.17) is 4.42 Å². The maximum atomic E-state index is 9.42. The molecule has 2 N–H and O–H groups in total. The van der Waals surface area contributed by atoms with Crippen molar-refractivity contribution in [1.29, 1.82) is 0 Å². The van der Waals surface area contributed by atoms with E-state index in [2.05, 4.69) is 10.3 Å².